The van der Waals surface area contributed by atoms with Crippen molar-refractivity contribution in [3.8, 4) is 0 Å². The van der Waals surface area contributed by atoms with E-state index >= 15 is 0 Å². The number of nitrogens with zero attached hydrogens (tertiary/aromatic N) is 1. The largest absolute Gasteiger partial charge is 0.456 e. The summed E-state index contributed by atoms with van der Waals surface area (Å²) in [4.78, 5) is 2.32. The summed E-state index contributed by atoms with van der Waals surface area (Å²) in [6.45, 7) is 8.48. The van der Waals surface area contributed by atoms with Crippen LogP contribution in [-0.2, 0) is 0 Å². The Balaban J connectivity index is 1.11. The highest BCUT2D eigenvalue weighted by molar-refractivity contribution is 6.25. The fourth-order valence-corrected chi connectivity index (χ4v) is 7.66. The summed E-state index contributed by atoms with van der Waals surface area (Å²) in [5.41, 5.74) is 13.7. The van der Waals surface area contributed by atoms with E-state index < -0.39 is 0 Å². The third-order valence-electron chi connectivity index (χ3n) is 10.4. The van der Waals surface area contributed by atoms with Crippen molar-refractivity contribution in [1.82, 2.24) is 0 Å². The van der Waals surface area contributed by atoms with Gasteiger partial charge in [0.05, 0.1) is 5.39 Å². The lowest BCUT2D eigenvalue weighted by Gasteiger charge is -2.26. The SMILES string of the molecule is Cc1ccc(Nc2ccc3cc4c(cc3c2)oc2c(C)cc3c5cc6ccc(N(c7ccc(C)cc7)c7ccc(C)cc7)cc6cc5oc3c24)cc1. The first-order valence-electron chi connectivity index (χ1n) is 17.8. The van der Waals surface area contributed by atoms with Gasteiger partial charge in [0.25, 0.3) is 0 Å². The predicted octanol–water partition coefficient (Wildman–Crippen LogP) is 14.2. The molecular formula is C48H36N2O2. The highest BCUT2D eigenvalue weighted by atomic mass is 16.3. The molecule has 250 valence electrons. The van der Waals surface area contributed by atoms with Crippen molar-refractivity contribution in [3.63, 3.8) is 0 Å². The monoisotopic (exact) mass is 672 g/mol. The fraction of sp³-hybridized carbons (Fsp3) is 0.0833. The molecule has 0 saturated heterocycles. The molecule has 0 radical (unpaired) electrons. The normalized spacial score (nSPS) is 11.8. The molecule has 0 aliphatic rings. The Bertz CT molecular complexity index is 2960. The Hall–Kier alpha value is -6.52. The minimum Gasteiger partial charge on any atom is -0.456 e. The Labute approximate surface area is 301 Å². The zero-order valence-corrected chi connectivity index (χ0v) is 29.5. The maximum absolute atomic E-state index is 6.81. The third kappa shape index (κ3) is 4.98. The van der Waals surface area contributed by atoms with Crippen LogP contribution in [0, 0.1) is 27.7 Å². The molecule has 0 saturated carbocycles. The van der Waals surface area contributed by atoms with Gasteiger partial charge >= 0.3 is 0 Å². The molecule has 2 heterocycles. The van der Waals surface area contributed by atoms with Gasteiger partial charge in [0.15, 0.2) is 0 Å². The standard InChI is InChI=1S/C48H36N2O2/c1-28-5-13-36(14-6-28)49-37-15-11-32-25-43-45(26-34(32)22-37)51-47-31(4)21-42-41-24-33-12-20-40(23-35(33)27-44(41)52-48(42)46(43)47)50(38-16-7-29(2)8-17-38)39-18-9-30(3)10-19-39/h5-27,49H,1-4H3. The first kappa shape index (κ1) is 30.3. The van der Waals surface area contributed by atoms with Crippen LogP contribution in [0.3, 0.4) is 0 Å². The van der Waals surface area contributed by atoms with Crippen molar-refractivity contribution < 1.29 is 8.83 Å². The number of aryl methyl sites for hydroxylation is 4. The Morgan fingerprint density at radius 3 is 1.60 bits per heavy atom. The van der Waals surface area contributed by atoms with Gasteiger partial charge in [-0.1, -0.05) is 65.2 Å². The van der Waals surface area contributed by atoms with Crippen molar-refractivity contribution >= 4 is 93.9 Å². The summed E-state index contributed by atoms with van der Waals surface area (Å²) >= 11 is 0. The fourth-order valence-electron chi connectivity index (χ4n) is 7.66. The number of benzene rings is 8. The topological polar surface area (TPSA) is 41.6 Å². The van der Waals surface area contributed by atoms with Gasteiger partial charge < -0.3 is 19.1 Å². The quantitative estimate of drug-likeness (QED) is 0.198. The van der Waals surface area contributed by atoms with E-state index in [1.54, 1.807) is 0 Å². The zero-order chi connectivity index (χ0) is 35.1. The van der Waals surface area contributed by atoms with Crippen LogP contribution in [0.5, 0.6) is 0 Å². The van der Waals surface area contributed by atoms with Crippen LogP contribution in [-0.4, -0.2) is 0 Å². The van der Waals surface area contributed by atoms with Crippen molar-refractivity contribution in [2.75, 3.05) is 10.2 Å². The summed E-state index contributed by atoms with van der Waals surface area (Å²) in [7, 11) is 0. The zero-order valence-electron chi connectivity index (χ0n) is 29.5. The molecule has 0 amide bonds. The van der Waals surface area contributed by atoms with Crippen LogP contribution in [0.4, 0.5) is 28.4 Å². The van der Waals surface area contributed by atoms with Crippen LogP contribution in [0.25, 0.3) is 65.4 Å². The summed E-state index contributed by atoms with van der Waals surface area (Å²) in [6, 6.07) is 50.2. The molecule has 10 rings (SSSR count). The van der Waals surface area contributed by atoms with Gasteiger partial charge in [-0.2, -0.15) is 0 Å². The molecule has 2 aromatic heterocycles. The number of furan rings is 2. The van der Waals surface area contributed by atoms with E-state index in [9.17, 15) is 0 Å². The van der Waals surface area contributed by atoms with Crippen molar-refractivity contribution in [3.05, 3.63) is 162 Å². The van der Waals surface area contributed by atoms with E-state index in [1.807, 2.05) is 0 Å². The Kier molecular flexibility index (Phi) is 6.71. The summed E-state index contributed by atoms with van der Waals surface area (Å²) < 4.78 is 13.4. The molecule has 4 nitrogen and oxygen atoms in total. The highest BCUT2D eigenvalue weighted by Crippen LogP contribution is 2.44. The first-order valence-corrected chi connectivity index (χ1v) is 17.8. The van der Waals surface area contributed by atoms with Crippen LogP contribution < -0.4 is 10.2 Å². The smallest absolute Gasteiger partial charge is 0.147 e. The van der Waals surface area contributed by atoms with E-state index in [-0.39, 0.29) is 0 Å². The van der Waals surface area contributed by atoms with E-state index in [4.69, 9.17) is 8.83 Å². The average molecular weight is 673 g/mol. The number of hydrogen-bond acceptors (Lipinski definition) is 4. The molecule has 0 atom stereocenters. The lowest BCUT2D eigenvalue weighted by molar-refractivity contribution is 0.661. The third-order valence-corrected chi connectivity index (χ3v) is 10.4. The molecule has 0 aliphatic carbocycles. The van der Waals surface area contributed by atoms with Crippen LogP contribution in [0.2, 0.25) is 0 Å². The van der Waals surface area contributed by atoms with Gasteiger partial charge in [-0.3, -0.25) is 0 Å². The number of hydrogen-bond donors (Lipinski definition) is 1. The van der Waals surface area contributed by atoms with Crippen LogP contribution in [0.1, 0.15) is 22.3 Å². The minimum absolute atomic E-state index is 0.855. The Morgan fingerprint density at radius 1 is 0.404 bits per heavy atom. The van der Waals surface area contributed by atoms with E-state index in [0.29, 0.717) is 0 Å². The average Bonchev–Trinajstić information content (AvgIpc) is 3.70. The molecular weight excluding hydrogens is 637 g/mol. The number of rotatable bonds is 5. The van der Waals surface area contributed by atoms with Gasteiger partial charge in [-0.15, -0.1) is 0 Å². The van der Waals surface area contributed by atoms with Gasteiger partial charge in [0, 0.05) is 44.6 Å². The number of anilines is 5. The molecule has 10 aromatic rings. The second-order valence-corrected chi connectivity index (χ2v) is 14.3. The van der Waals surface area contributed by atoms with Gasteiger partial charge in [0.1, 0.15) is 22.3 Å². The molecule has 0 spiro atoms. The number of fused-ring (bicyclic) bond motifs is 9. The molecule has 0 fully saturated rings. The predicted molar refractivity (Wildman–Crippen MR) is 219 cm³/mol. The Morgan fingerprint density at radius 2 is 0.923 bits per heavy atom. The van der Waals surface area contributed by atoms with E-state index in [1.165, 1.54) is 22.1 Å². The minimum atomic E-state index is 0.855. The van der Waals surface area contributed by atoms with Crippen LogP contribution >= 0.6 is 0 Å². The van der Waals surface area contributed by atoms with E-state index in [0.717, 1.165) is 94.0 Å². The van der Waals surface area contributed by atoms with Gasteiger partial charge in [-0.05, 0) is 146 Å². The second-order valence-electron chi connectivity index (χ2n) is 14.3. The van der Waals surface area contributed by atoms with Crippen LogP contribution in [0.15, 0.2) is 148 Å². The van der Waals surface area contributed by atoms with Gasteiger partial charge in [-0.25, -0.2) is 0 Å². The molecule has 0 bridgehead atoms. The van der Waals surface area contributed by atoms with Crippen molar-refractivity contribution in [1.29, 1.82) is 0 Å². The second kappa shape index (κ2) is 11.5. The van der Waals surface area contributed by atoms with E-state index in [2.05, 4.69) is 177 Å². The van der Waals surface area contributed by atoms with Crippen molar-refractivity contribution in [2.45, 2.75) is 27.7 Å². The molecule has 4 heteroatoms. The molecule has 52 heavy (non-hydrogen) atoms. The molecule has 8 aromatic carbocycles. The maximum Gasteiger partial charge on any atom is 0.147 e. The lowest BCUT2D eigenvalue weighted by Crippen LogP contribution is -2.09. The van der Waals surface area contributed by atoms with Crippen molar-refractivity contribution in [2.24, 2.45) is 0 Å². The molecule has 0 unspecified atom stereocenters. The summed E-state index contributed by atoms with van der Waals surface area (Å²) in [5.74, 6) is 0. The highest BCUT2D eigenvalue weighted by Gasteiger charge is 2.20. The molecule has 1 N–H and O–H groups in total. The first-order chi connectivity index (χ1) is 25.3. The summed E-state index contributed by atoms with van der Waals surface area (Å²) in [6.07, 6.45) is 0. The van der Waals surface area contributed by atoms with Gasteiger partial charge in [0.2, 0.25) is 0 Å². The maximum atomic E-state index is 6.81. The number of nitrogens with one attached hydrogen (secondary N) is 1. The lowest BCUT2D eigenvalue weighted by atomic mass is 10.0. The molecule has 0 aliphatic heterocycles. The summed E-state index contributed by atoms with van der Waals surface area (Å²) in [5, 5.41) is 12.4.